The number of carbonyl (C=O) groups is 2. The van der Waals surface area contributed by atoms with Gasteiger partial charge >= 0.3 is 5.97 Å². The highest BCUT2D eigenvalue weighted by Gasteiger charge is 2.42. The molecule has 5 rings (SSSR count). The Morgan fingerprint density at radius 3 is 2.44 bits per heavy atom. The van der Waals surface area contributed by atoms with Crippen LogP contribution >= 0.6 is 11.8 Å². The second kappa shape index (κ2) is 10.6. The zero-order chi connectivity index (χ0) is 25.1. The summed E-state index contributed by atoms with van der Waals surface area (Å²) < 4.78 is 10.9. The number of methoxy groups -OCH3 is 1. The summed E-state index contributed by atoms with van der Waals surface area (Å²) in [4.78, 5) is 35.5. The van der Waals surface area contributed by atoms with E-state index in [0.717, 1.165) is 53.7 Å². The summed E-state index contributed by atoms with van der Waals surface area (Å²) >= 11 is 1.48. The van der Waals surface area contributed by atoms with Crippen molar-refractivity contribution in [3.05, 3.63) is 82.4 Å². The van der Waals surface area contributed by atoms with Crippen LogP contribution in [0.15, 0.2) is 76.3 Å². The molecule has 1 saturated heterocycles. The number of fused-ring (bicyclic) bond motifs is 1. The van der Waals surface area contributed by atoms with Crippen LogP contribution < -0.4 is 4.74 Å². The lowest BCUT2D eigenvalue weighted by Crippen LogP contribution is -2.38. The molecule has 2 aromatic rings. The summed E-state index contributed by atoms with van der Waals surface area (Å²) in [5.41, 5.74) is 3.62. The molecule has 36 heavy (non-hydrogen) atoms. The predicted octanol–water partition coefficient (Wildman–Crippen LogP) is 4.98. The lowest BCUT2D eigenvalue weighted by atomic mass is 9.91. The van der Waals surface area contributed by atoms with Crippen molar-refractivity contribution in [2.45, 2.75) is 32.2 Å². The third-order valence-corrected chi connectivity index (χ3v) is 7.46. The van der Waals surface area contributed by atoms with Gasteiger partial charge in [0.1, 0.15) is 5.75 Å². The molecular formula is C28H29N3O4S. The number of ether oxygens (including phenoxy) is 2. The molecule has 3 heterocycles. The third-order valence-electron chi connectivity index (χ3n) is 6.58. The van der Waals surface area contributed by atoms with Crippen molar-refractivity contribution in [2.75, 3.05) is 26.8 Å². The largest absolute Gasteiger partial charge is 0.497 e. The average Bonchev–Trinajstić information content (AvgIpc) is 3.59. The molecule has 186 valence electrons. The van der Waals surface area contributed by atoms with Gasteiger partial charge in [-0.05, 0) is 42.9 Å². The number of amides is 1. The van der Waals surface area contributed by atoms with Gasteiger partial charge in [0.25, 0.3) is 0 Å². The van der Waals surface area contributed by atoms with Crippen molar-refractivity contribution < 1.29 is 19.1 Å². The molecular weight excluding hydrogens is 474 g/mol. The summed E-state index contributed by atoms with van der Waals surface area (Å²) in [6, 6.07) is 16.9. The Kier molecular flexibility index (Phi) is 7.13. The van der Waals surface area contributed by atoms with Crippen LogP contribution in [-0.2, 0) is 14.3 Å². The van der Waals surface area contributed by atoms with E-state index in [4.69, 9.17) is 14.5 Å². The molecule has 3 aliphatic rings. The summed E-state index contributed by atoms with van der Waals surface area (Å²) in [6.45, 7) is 3.65. The van der Waals surface area contributed by atoms with Crippen molar-refractivity contribution in [3.63, 3.8) is 0 Å². The van der Waals surface area contributed by atoms with Crippen molar-refractivity contribution in [1.29, 1.82) is 0 Å². The monoisotopic (exact) mass is 503 g/mol. The second-order valence-corrected chi connectivity index (χ2v) is 9.62. The van der Waals surface area contributed by atoms with Crippen molar-refractivity contribution >= 4 is 34.5 Å². The molecule has 0 radical (unpaired) electrons. The fourth-order valence-electron chi connectivity index (χ4n) is 4.82. The maximum absolute atomic E-state index is 13.5. The van der Waals surface area contributed by atoms with Crippen LogP contribution in [0.5, 0.6) is 5.75 Å². The standard InChI is InChI=1S/C28H29N3O4S/c1-3-35-27(33)24-25(19-9-5-4-6-10-19)29-28-31(26(24)20-11-13-22(34-2)14-12-20)21(18-36-28)17-23(32)30-15-7-8-16-30/h4-6,9-14,18,26H,3,7-8,15-17H2,1-2H3/t26-/m0/s1. The summed E-state index contributed by atoms with van der Waals surface area (Å²) in [6.07, 6.45) is 2.34. The number of benzene rings is 2. The summed E-state index contributed by atoms with van der Waals surface area (Å²) in [5.74, 6) is 0.413. The zero-order valence-electron chi connectivity index (χ0n) is 20.5. The number of hydrogen-bond acceptors (Lipinski definition) is 7. The first-order valence-electron chi connectivity index (χ1n) is 12.2. The summed E-state index contributed by atoms with van der Waals surface area (Å²) in [7, 11) is 1.62. The number of carbonyl (C=O) groups excluding carboxylic acids is 2. The Labute approximate surface area is 215 Å². The molecule has 0 spiro atoms. The van der Waals surface area contributed by atoms with Crippen LogP contribution in [0.4, 0.5) is 0 Å². The highest BCUT2D eigenvalue weighted by Crippen LogP contribution is 2.47. The maximum Gasteiger partial charge on any atom is 0.338 e. The van der Waals surface area contributed by atoms with E-state index < -0.39 is 12.0 Å². The fraction of sp³-hybridized carbons (Fsp3) is 0.321. The van der Waals surface area contributed by atoms with Gasteiger partial charge < -0.3 is 19.3 Å². The minimum atomic E-state index is -0.495. The predicted molar refractivity (Wildman–Crippen MR) is 141 cm³/mol. The van der Waals surface area contributed by atoms with Crippen molar-refractivity contribution in [2.24, 2.45) is 4.99 Å². The molecule has 7 nitrogen and oxygen atoms in total. The van der Waals surface area contributed by atoms with Crippen molar-refractivity contribution in [3.8, 4) is 5.75 Å². The molecule has 2 aromatic carbocycles. The molecule has 0 N–H and O–H groups in total. The van der Waals surface area contributed by atoms with E-state index in [1.807, 2.05) is 69.8 Å². The molecule has 1 fully saturated rings. The van der Waals surface area contributed by atoms with Gasteiger partial charge in [0.15, 0.2) is 5.17 Å². The van der Waals surface area contributed by atoms with Gasteiger partial charge in [0.05, 0.1) is 37.4 Å². The molecule has 0 saturated carbocycles. The highest BCUT2D eigenvalue weighted by molar-refractivity contribution is 8.16. The fourth-order valence-corrected chi connectivity index (χ4v) is 5.74. The number of aliphatic imine (C=N–C) groups is 1. The Morgan fingerprint density at radius 2 is 1.78 bits per heavy atom. The number of thioether (sulfide) groups is 1. The van der Waals surface area contributed by atoms with Crippen LogP contribution in [0.3, 0.4) is 0 Å². The maximum atomic E-state index is 13.5. The number of likely N-dealkylation sites (tertiary alicyclic amines) is 1. The average molecular weight is 504 g/mol. The molecule has 3 aliphatic heterocycles. The van der Waals surface area contributed by atoms with Crippen LogP contribution in [0.1, 0.15) is 43.4 Å². The number of esters is 1. The molecule has 0 unspecified atom stereocenters. The van der Waals surface area contributed by atoms with Crippen LogP contribution in [0, 0.1) is 0 Å². The van der Waals surface area contributed by atoms with Gasteiger partial charge in [-0.25, -0.2) is 9.79 Å². The summed E-state index contributed by atoms with van der Waals surface area (Å²) in [5, 5.41) is 2.73. The van der Waals surface area contributed by atoms with E-state index in [9.17, 15) is 9.59 Å². The van der Waals surface area contributed by atoms with Gasteiger partial charge in [-0.3, -0.25) is 4.79 Å². The minimum absolute atomic E-state index is 0.101. The number of hydrogen-bond donors (Lipinski definition) is 0. The van der Waals surface area contributed by atoms with Gasteiger partial charge in [-0.15, -0.1) is 0 Å². The first-order valence-corrected chi connectivity index (χ1v) is 13.1. The van der Waals surface area contributed by atoms with Gasteiger partial charge in [-0.2, -0.15) is 0 Å². The van der Waals surface area contributed by atoms with Gasteiger partial charge in [0.2, 0.25) is 5.91 Å². The Hall–Kier alpha value is -3.52. The first-order chi connectivity index (χ1) is 17.6. The van der Waals surface area contributed by atoms with E-state index in [1.54, 1.807) is 14.0 Å². The Morgan fingerprint density at radius 1 is 1.06 bits per heavy atom. The second-order valence-electron chi connectivity index (χ2n) is 8.78. The van der Waals surface area contributed by atoms with E-state index >= 15 is 0 Å². The van der Waals surface area contributed by atoms with Crippen LogP contribution in [0.2, 0.25) is 0 Å². The lowest BCUT2D eigenvalue weighted by Gasteiger charge is -2.37. The SMILES string of the molecule is CCOC(=O)C1=C(c2ccccc2)N=C2SC=C(CC(=O)N3CCCC3)N2[C@H]1c1ccc(OC)cc1. The van der Waals surface area contributed by atoms with Crippen LogP contribution in [0.25, 0.3) is 5.70 Å². The molecule has 1 amide bonds. The van der Waals surface area contributed by atoms with Crippen LogP contribution in [-0.4, -0.2) is 53.7 Å². The topological polar surface area (TPSA) is 71.4 Å². The molecule has 8 heteroatoms. The van der Waals surface area contributed by atoms with E-state index in [2.05, 4.69) is 0 Å². The first kappa shape index (κ1) is 24.2. The quantitative estimate of drug-likeness (QED) is 0.496. The smallest absolute Gasteiger partial charge is 0.338 e. The Balaban J connectivity index is 1.62. The normalized spacial score (nSPS) is 19.1. The molecule has 1 atom stereocenters. The van der Waals surface area contributed by atoms with Gasteiger partial charge in [-0.1, -0.05) is 54.2 Å². The lowest BCUT2D eigenvalue weighted by molar-refractivity contribution is -0.139. The Bertz CT molecular complexity index is 1230. The highest BCUT2D eigenvalue weighted by atomic mass is 32.2. The number of amidine groups is 1. The van der Waals surface area contributed by atoms with E-state index in [1.165, 1.54) is 11.8 Å². The zero-order valence-corrected chi connectivity index (χ0v) is 21.3. The van der Waals surface area contributed by atoms with E-state index in [0.29, 0.717) is 11.3 Å². The molecule has 0 aromatic heterocycles. The van der Waals surface area contributed by atoms with Crippen molar-refractivity contribution in [1.82, 2.24) is 9.80 Å². The minimum Gasteiger partial charge on any atom is -0.497 e. The van der Waals surface area contributed by atoms with E-state index in [-0.39, 0.29) is 18.9 Å². The van der Waals surface area contributed by atoms with Gasteiger partial charge in [0, 0.05) is 24.4 Å². The molecule has 0 aliphatic carbocycles. The third kappa shape index (κ3) is 4.65. The number of rotatable bonds is 7. The molecule has 0 bridgehead atoms. The number of nitrogens with zero attached hydrogens (tertiary/aromatic N) is 3.